The van der Waals surface area contributed by atoms with Crippen LogP contribution in [0.5, 0.6) is 0 Å². The smallest absolute Gasteiger partial charge is 0.323 e. The first-order chi connectivity index (χ1) is 11.4. The van der Waals surface area contributed by atoms with Crippen LogP contribution in [0.4, 0.5) is 14.5 Å². The maximum absolute atomic E-state index is 14.9. The minimum Gasteiger partial charge on any atom is -0.435 e. The molecule has 1 atom stereocenters. The van der Waals surface area contributed by atoms with Crippen LogP contribution in [0.1, 0.15) is 24.8 Å². The minimum atomic E-state index is -3.13. The third-order valence-electron chi connectivity index (χ3n) is 4.77. The molecule has 24 heavy (non-hydrogen) atoms. The van der Waals surface area contributed by atoms with Crippen molar-refractivity contribution in [1.29, 1.82) is 0 Å². The molecule has 0 N–H and O–H groups in total. The van der Waals surface area contributed by atoms with Gasteiger partial charge in [-0.25, -0.2) is 4.98 Å². The third-order valence-corrected chi connectivity index (χ3v) is 4.77. The maximum Gasteiger partial charge on any atom is 0.323 e. The predicted molar refractivity (Wildman–Crippen MR) is 89.6 cm³/mol. The van der Waals surface area contributed by atoms with Crippen molar-refractivity contribution in [3.8, 4) is 0 Å². The Morgan fingerprint density at radius 3 is 2.67 bits per heavy atom. The fraction of sp³-hybridized carbons (Fsp3) is 0.316. The number of aromatic nitrogens is 1. The van der Waals surface area contributed by atoms with Crippen molar-refractivity contribution in [1.82, 2.24) is 4.98 Å². The van der Waals surface area contributed by atoms with E-state index in [1.165, 1.54) is 0 Å². The molecule has 3 aromatic rings. The number of likely N-dealkylation sites (N-methyl/N-ethyl adjacent to an activating group) is 1. The monoisotopic (exact) mass is 328 g/mol. The van der Waals surface area contributed by atoms with E-state index >= 15 is 0 Å². The second-order valence-electron chi connectivity index (χ2n) is 6.80. The highest BCUT2D eigenvalue weighted by Crippen LogP contribution is 2.48. The van der Waals surface area contributed by atoms with E-state index in [0.29, 0.717) is 17.6 Å². The summed E-state index contributed by atoms with van der Waals surface area (Å²) in [5, 5.41) is 0. The lowest BCUT2D eigenvalue weighted by Gasteiger charge is -2.28. The van der Waals surface area contributed by atoms with Crippen LogP contribution in [0.3, 0.4) is 0 Å². The number of halogens is 2. The van der Waals surface area contributed by atoms with Crippen LogP contribution in [-0.4, -0.2) is 18.6 Å². The average Bonchev–Trinajstić information content (AvgIpc) is 3.08. The number of hydrogen-bond donors (Lipinski definition) is 0. The molecule has 124 valence electrons. The van der Waals surface area contributed by atoms with Gasteiger partial charge in [0.15, 0.2) is 5.58 Å². The van der Waals surface area contributed by atoms with E-state index in [1.807, 2.05) is 43.1 Å². The number of fused-ring (bicyclic) bond motifs is 2. The van der Waals surface area contributed by atoms with Crippen molar-refractivity contribution >= 4 is 16.8 Å². The van der Waals surface area contributed by atoms with Gasteiger partial charge in [0.05, 0.1) is 0 Å². The summed E-state index contributed by atoms with van der Waals surface area (Å²) < 4.78 is 35.2. The Balaban J connectivity index is 1.71. The molecule has 0 bridgehead atoms. The quantitative estimate of drug-likeness (QED) is 0.697. The van der Waals surface area contributed by atoms with Crippen LogP contribution in [0.25, 0.3) is 11.1 Å². The molecule has 5 heteroatoms. The Labute approximate surface area is 138 Å². The average molecular weight is 328 g/mol. The van der Waals surface area contributed by atoms with E-state index in [-0.39, 0.29) is 6.42 Å². The summed E-state index contributed by atoms with van der Waals surface area (Å²) in [6.45, 7) is 2.42. The normalized spacial score (nSPS) is 20.6. The largest absolute Gasteiger partial charge is 0.435 e. The first-order valence-electron chi connectivity index (χ1n) is 7.94. The van der Waals surface area contributed by atoms with Crippen LogP contribution in [0.2, 0.25) is 0 Å². The summed E-state index contributed by atoms with van der Waals surface area (Å²) in [7, 11) is 1.93. The first kappa shape index (κ1) is 15.1. The van der Waals surface area contributed by atoms with Gasteiger partial charge in [-0.3, -0.25) is 0 Å². The molecule has 1 unspecified atom stereocenters. The van der Waals surface area contributed by atoms with Gasteiger partial charge in [-0.1, -0.05) is 37.3 Å². The number of nitrogens with zero attached hydrogens (tertiary/aromatic N) is 2. The lowest BCUT2D eigenvalue weighted by atomic mass is 9.79. The Hall–Kier alpha value is -2.43. The number of anilines is 1. The van der Waals surface area contributed by atoms with Gasteiger partial charge in [-0.05, 0) is 23.8 Å². The van der Waals surface area contributed by atoms with Crippen molar-refractivity contribution in [3.05, 3.63) is 60.0 Å². The highest BCUT2D eigenvalue weighted by atomic mass is 19.3. The van der Waals surface area contributed by atoms with Crippen molar-refractivity contribution in [2.24, 2.45) is 0 Å². The van der Waals surface area contributed by atoms with Gasteiger partial charge in [-0.15, -0.1) is 0 Å². The maximum atomic E-state index is 14.9. The summed E-state index contributed by atoms with van der Waals surface area (Å²) in [4.78, 5) is 6.03. The van der Waals surface area contributed by atoms with Gasteiger partial charge in [0.25, 0.3) is 5.89 Å². The van der Waals surface area contributed by atoms with Gasteiger partial charge in [-0.2, -0.15) is 8.78 Å². The van der Waals surface area contributed by atoms with Gasteiger partial charge >= 0.3 is 5.92 Å². The lowest BCUT2D eigenvalue weighted by Crippen LogP contribution is -2.34. The molecule has 4 rings (SSSR count). The topological polar surface area (TPSA) is 29.3 Å². The molecular weight excluding hydrogens is 310 g/mol. The molecular formula is C19H18F2N2O. The van der Waals surface area contributed by atoms with Gasteiger partial charge < -0.3 is 9.32 Å². The molecule has 0 aliphatic carbocycles. The van der Waals surface area contributed by atoms with Crippen LogP contribution in [0, 0.1) is 0 Å². The summed E-state index contributed by atoms with van der Waals surface area (Å²) in [5.74, 6) is -3.64. The molecule has 2 heterocycles. The molecule has 0 amide bonds. The van der Waals surface area contributed by atoms with Crippen LogP contribution < -0.4 is 4.90 Å². The van der Waals surface area contributed by atoms with E-state index in [4.69, 9.17) is 4.42 Å². The molecule has 0 spiro atoms. The second kappa shape index (κ2) is 5.03. The zero-order chi connectivity index (χ0) is 16.9. The third kappa shape index (κ3) is 2.27. The summed E-state index contributed by atoms with van der Waals surface area (Å²) in [6.07, 6.45) is -0.339. The lowest BCUT2D eigenvalue weighted by molar-refractivity contribution is -0.0543. The van der Waals surface area contributed by atoms with Gasteiger partial charge in [0.1, 0.15) is 5.52 Å². The summed E-state index contributed by atoms with van der Waals surface area (Å²) >= 11 is 0. The van der Waals surface area contributed by atoms with Gasteiger partial charge in [0, 0.05) is 31.1 Å². The molecule has 1 aromatic heterocycles. The molecule has 1 aliphatic rings. The van der Waals surface area contributed by atoms with E-state index < -0.39 is 17.2 Å². The van der Waals surface area contributed by atoms with Crippen LogP contribution >= 0.6 is 0 Å². The number of para-hydroxylation sites is 3. The highest BCUT2D eigenvalue weighted by Gasteiger charge is 2.48. The number of hydrogen-bond acceptors (Lipinski definition) is 3. The minimum absolute atomic E-state index is 0.339. The first-order valence-corrected chi connectivity index (χ1v) is 7.94. The molecule has 0 radical (unpaired) electrons. The van der Waals surface area contributed by atoms with E-state index in [9.17, 15) is 8.78 Å². The van der Waals surface area contributed by atoms with E-state index in [2.05, 4.69) is 4.98 Å². The SMILES string of the molecule is CN1CC(C)(CC(F)(F)c2nc3ccccc3o2)c2ccccc21. The summed E-state index contributed by atoms with van der Waals surface area (Å²) in [6, 6.07) is 14.6. The Bertz CT molecular complexity index is 872. The number of oxazole rings is 1. The fourth-order valence-corrected chi connectivity index (χ4v) is 3.76. The highest BCUT2D eigenvalue weighted by molar-refractivity contribution is 5.72. The molecule has 0 fully saturated rings. The van der Waals surface area contributed by atoms with Gasteiger partial charge in [0.2, 0.25) is 0 Å². The van der Waals surface area contributed by atoms with Crippen molar-refractivity contribution in [3.63, 3.8) is 0 Å². The Morgan fingerprint density at radius 1 is 1.17 bits per heavy atom. The Kier molecular flexibility index (Phi) is 3.17. The molecule has 0 saturated heterocycles. The zero-order valence-electron chi connectivity index (χ0n) is 13.6. The number of alkyl halides is 2. The molecule has 2 aromatic carbocycles. The number of rotatable bonds is 3. The van der Waals surface area contributed by atoms with Crippen LogP contribution in [0.15, 0.2) is 52.9 Å². The van der Waals surface area contributed by atoms with Crippen molar-refractivity contribution in [2.45, 2.75) is 24.7 Å². The molecule has 0 saturated carbocycles. The fourth-order valence-electron chi connectivity index (χ4n) is 3.76. The molecule has 3 nitrogen and oxygen atoms in total. The summed E-state index contributed by atoms with van der Waals surface area (Å²) in [5.41, 5.74) is 2.15. The van der Waals surface area contributed by atoms with E-state index in [1.54, 1.807) is 24.3 Å². The number of benzene rings is 2. The molecule has 1 aliphatic heterocycles. The van der Waals surface area contributed by atoms with Crippen LogP contribution in [-0.2, 0) is 11.3 Å². The standard InChI is InChI=1S/C19H18F2N2O/c1-18(12-23(2)15-9-5-3-7-13(15)18)11-19(20,21)17-22-14-8-4-6-10-16(14)24-17/h3-10H,11-12H2,1-2H3. The van der Waals surface area contributed by atoms with Crippen molar-refractivity contribution in [2.75, 3.05) is 18.5 Å². The van der Waals surface area contributed by atoms with E-state index in [0.717, 1.165) is 11.3 Å². The Morgan fingerprint density at radius 2 is 1.88 bits per heavy atom. The predicted octanol–water partition coefficient (Wildman–Crippen LogP) is 4.72. The zero-order valence-corrected chi connectivity index (χ0v) is 13.6. The van der Waals surface area contributed by atoms with Crippen molar-refractivity contribution < 1.29 is 13.2 Å². The second-order valence-corrected chi connectivity index (χ2v) is 6.80.